The SMILES string of the molecule is NC(=O)C1CCN(C(=O)C2CCN(C3CCN(C(=O)CC4CCOCC4)CC3)CC2)CC1. The Kier molecular flexibility index (Phi) is 8.05. The van der Waals surface area contributed by atoms with Gasteiger partial charge in [-0.25, -0.2) is 0 Å². The second-order valence-corrected chi connectivity index (χ2v) is 10.2. The summed E-state index contributed by atoms with van der Waals surface area (Å²) in [4.78, 5) is 43.5. The molecule has 0 aliphatic carbocycles. The predicted molar refractivity (Wildman–Crippen MR) is 121 cm³/mol. The van der Waals surface area contributed by atoms with E-state index in [1.165, 1.54) is 0 Å². The van der Waals surface area contributed by atoms with E-state index < -0.39 is 0 Å². The molecule has 0 spiro atoms. The lowest BCUT2D eigenvalue weighted by atomic mass is 9.90. The highest BCUT2D eigenvalue weighted by Gasteiger charge is 2.35. The third-order valence-corrected chi connectivity index (χ3v) is 8.23. The van der Waals surface area contributed by atoms with Crippen LogP contribution < -0.4 is 5.73 Å². The number of hydrogen-bond acceptors (Lipinski definition) is 5. The van der Waals surface area contributed by atoms with E-state index in [4.69, 9.17) is 10.5 Å². The van der Waals surface area contributed by atoms with Gasteiger partial charge in [0.2, 0.25) is 17.7 Å². The minimum atomic E-state index is -0.234. The number of rotatable bonds is 5. The van der Waals surface area contributed by atoms with Crippen LogP contribution in [0.3, 0.4) is 0 Å². The first kappa shape index (κ1) is 23.5. The smallest absolute Gasteiger partial charge is 0.225 e. The Morgan fingerprint density at radius 2 is 1.28 bits per heavy atom. The van der Waals surface area contributed by atoms with Gasteiger partial charge in [-0.1, -0.05) is 0 Å². The molecule has 4 aliphatic rings. The first-order valence-corrected chi connectivity index (χ1v) is 12.7. The number of hydrogen-bond donors (Lipinski definition) is 1. The van der Waals surface area contributed by atoms with Crippen molar-refractivity contribution in [1.82, 2.24) is 14.7 Å². The molecule has 8 heteroatoms. The van der Waals surface area contributed by atoms with Crippen molar-refractivity contribution < 1.29 is 19.1 Å². The predicted octanol–water partition coefficient (Wildman–Crippen LogP) is 1.23. The van der Waals surface area contributed by atoms with Crippen LogP contribution >= 0.6 is 0 Å². The second-order valence-electron chi connectivity index (χ2n) is 10.2. The lowest BCUT2D eigenvalue weighted by Crippen LogP contribution is -2.51. The van der Waals surface area contributed by atoms with Gasteiger partial charge < -0.3 is 25.2 Å². The number of ether oxygens (including phenoxy) is 1. The van der Waals surface area contributed by atoms with Crippen molar-refractivity contribution in [3.8, 4) is 0 Å². The fraction of sp³-hybridized carbons (Fsp3) is 0.875. The summed E-state index contributed by atoms with van der Waals surface area (Å²) in [6, 6.07) is 0.532. The summed E-state index contributed by atoms with van der Waals surface area (Å²) in [5.41, 5.74) is 5.41. The monoisotopic (exact) mass is 448 g/mol. The Morgan fingerprint density at radius 3 is 1.88 bits per heavy atom. The van der Waals surface area contributed by atoms with Crippen molar-refractivity contribution >= 4 is 17.7 Å². The molecule has 0 aromatic heterocycles. The van der Waals surface area contributed by atoms with Gasteiger partial charge in [0.25, 0.3) is 0 Å². The summed E-state index contributed by atoms with van der Waals surface area (Å²) in [7, 11) is 0. The van der Waals surface area contributed by atoms with Gasteiger partial charge in [-0.05, 0) is 70.4 Å². The molecule has 0 aromatic carbocycles. The average Bonchev–Trinajstić information content (AvgIpc) is 2.84. The maximum absolute atomic E-state index is 12.9. The van der Waals surface area contributed by atoms with Gasteiger partial charge in [0.05, 0.1) is 0 Å². The minimum Gasteiger partial charge on any atom is -0.381 e. The number of carbonyl (C=O) groups is 3. The van der Waals surface area contributed by atoms with E-state index in [-0.39, 0.29) is 23.7 Å². The van der Waals surface area contributed by atoms with Gasteiger partial charge in [0, 0.05) is 63.7 Å². The third kappa shape index (κ3) is 5.81. The molecule has 0 bridgehead atoms. The van der Waals surface area contributed by atoms with Crippen molar-refractivity contribution in [2.24, 2.45) is 23.5 Å². The molecule has 4 heterocycles. The molecule has 4 aliphatic heterocycles. The topological polar surface area (TPSA) is 96.2 Å². The lowest BCUT2D eigenvalue weighted by Gasteiger charge is -2.42. The first-order chi connectivity index (χ1) is 15.5. The van der Waals surface area contributed by atoms with E-state index in [0.717, 1.165) is 77.9 Å². The van der Waals surface area contributed by atoms with E-state index in [9.17, 15) is 14.4 Å². The van der Waals surface area contributed by atoms with Gasteiger partial charge >= 0.3 is 0 Å². The molecule has 8 nitrogen and oxygen atoms in total. The number of amides is 3. The largest absolute Gasteiger partial charge is 0.381 e. The number of carbonyl (C=O) groups excluding carboxylic acids is 3. The fourth-order valence-corrected chi connectivity index (χ4v) is 5.96. The summed E-state index contributed by atoms with van der Waals surface area (Å²) in [5, 5.41) is 0. The molecule has 0 unspecified atom stereocenters. The molecule has 0 saturated carbocycles. The second kappa shape index (κ2) is 11.0. The number of nitrogens with two attached hydrogens (primary N) is 1. The highest BCUT2D eigenvalue weighted by molar-refractivity contribution is 5.80. The van der Waals surface area contributed by atoms with Crippen LogP contribution in [-0.4, -0.2) is 90.9 Å². The van der Waals surface area contributed by atoms with Crippen molar-refractivity contribution in [1.29, 1.82) is 0 Å². The van der Waals surface area contributed by atoms with Crippen LogP contribution in [0.25, 0.3) is 0 Å². The van der Waals surface area contributed by atoms with Crippen LogP contribution in [0.2, 0.25) is 0 Å². The zero-order chi connectivity index (χ0) is 22.5. The fourth-order valence-electron chi connectivity index (χ4n) is 5.96. The maximum atomic E-state index is 12.9. The first-order valence-electron chi connectivity index (χ1n) is 12.7. The molecule has 0 atom stereocenters. The van der Waals surface area contributed by atoms with Crippen LogP contribution in [0.5, 0.6) is 0 Å². The highest BCUT2D eigenvalue weighted by Crippen LogP contribution is 2.28. The molecule has 2 N–H and O–H groups in total. The van der Waals surface area contributed by atoms with E-state index in [1.54, 1.807) is 0 Å². The van der Waals surface area contributed by atoms with Crippen LogP contribution in [0.1, 0.15) is 57.8 Å². The van der Waals surface area contributed by atoms with Crippen LogP contribution in [0, 0.1) is 17.8 Å². The summed E-state index contributed by atoms with van der Waals surface area (Å²) in [6.07, 6.45) is 8.01. The molecular formula is C24H40N4O4. The summed E-state index contributed by atoms with van der Waals surface area (Å²) >= 11 is 0. The number of primary amides is 1. The zero-order valence-electron chi connectivity index (χ0n) is 19.4. The van der Waals surface area contributed by atoms with Crippen LogP contribution in [-0.2, 0) is 19.1 Å². The summed E-state index contributed by atoms with van der Waals surface area (Å²) in [6.45, 7) is 6.57. The van der Waals surface area contributed by atoms with Crippen LogP contribution in [0.15, 0.2) is 0 Å². The Labute approximate surface area is 191 Å². The van der Waals surface area contributed by atoms with Gasteiger partial charge in [0.15, 0.2) is 0 Å². The summed E-state index contributed by atoms with van der Waals surface area (Å²) < 4.78 is 5.41. The van der Waals surface area contributed by atoms with Crippen LogP contribution in [0.4, 0.5) is 0 Å². The van der Waals surface area contributed by atoms with Gasteiger partial charge in [0.1, 0.15) is 0 Å². The standard InChI is InChI=1S/C24H40N4O4/c25-23(30)19-1-11-28(12-2-19)24(31)20-3-9-26(10-4-20)21-5-13-27(14-6-21)22(29)17-18-7-15-32-16-8-18/h18-21H,1-17H2,(H2,25,30). The molecule has 3 amide bonds. The van der Waals surface area contributed by atoms with E-state index in [1.807, 2.05) is 4.90 Å². The maximum Gasteiger partial charge on any atom is 0.225 e. The zero-order valence-corrected chi connectivity index (χ0v) is 19.4. The molecule has 4 rings (SSSR count). The molecule has 4 fully saturated rings. The van der Waals surface area contributed by atoms with E-state index in [2.05, 4.69) is 9.80 Å². The minimum absolute atomic E-state index is 0.0738. The van der Waals surface area contributed by atoms with Crippen molar-refractivity contribution in [3.05, 3.63) is 0 Å². The molecule has 180 valence electrons. The molecule has 32 heavy (non-hydrogen) atoms. The third-order valence-electron chi connectivity index (χ3n) is 8.23. The van der Waals surface area contributed by atoms with E-state index in [0.29, 0.717) is 50.2 Å². The molecular weight excluding hydrogens is 408 g/mol. The van der Waals surface area contributed by atoms with Gasteiger partial charge in [-0.2, -0.15) is 0 Å². The lowest BCUT2D eigenvalue weighted by molar-refractivity contribution is -0.140. The average molecular weight is 449 g/mol. The number of likely N-dealkylation sites (tertiary alicyclic amines) is 3. The molecule has 4 saturated heterocycles. The summed E-state index contributed by atoms with van der Waals surface area (Å²) in [5.74, 6) is 0.877. The number of nitrogens with zero attached hydrogens (tertiary/aromatic N) is 3. The van der Waals surface area contributed by atoms with Gasteiger partial charge in [-0.15, -0.1) is 0 Å². The highest BCUT2D eigenvalue weighted by atomic mass is 16.5. The Hall–Kier alpha value is -1.67. The Morgan fingerprint density at radius 1 is 0.719 bits per heavy atom. The van der Waals surface area contributed by atoms with E-state index >= 15 is 0 Å². The number of piperidine rings is 3. The Bertz CT molecular complexity index is 657. The van der Waals surface area contributed by atoms with Crippen molar-refractivity contribution in [3.63, 3.8) is 0 Å². The Balaban J connectivity index is 1.16. The van der Waals surface area contributed by atoms with Crippen molar-refractivity contribution in [2.45, 2.75) is 63.8 Å². The van der Waals surface area contributed by atoms with Crippen molar-refractivity contribution in [2.75, 3.05) is 52.5 Å². The quantitative estimate of drug-likeness (QED) is 0.682. The molecule has 0 aromatic rings. The normalized spacial score (nSPS) is 25.8. The van der Waals surface area contributed by atoms with Gasteiger partial charge in [-0.3, -0.25) is 14.4 Å². The molecule has 0 radical (unpaired) electrons.